The molecule has 0 bridgehead atoms. The van der Waals surface area contributed by atoms with Crippen LogP contribution in [0.5, 0.6) is 0 Å². The van der Waals surface area contributed by atoms with Gasteiger partial charge >= 0.3 is 0 Å². The average molecular weight is 410 g/mol. The van der Waals surface area contributed by atoms with Crippen molar-refractivity contribution in [1.82, 2.24) is 4.90 Å². The van der Waals surface area contributed by atoms with E-state index in [4.69, 9.17) is 0 Å². The highest BCUT2D eigenvalue weighted by Gasteiger charge is 2.18. The molecule has 2 nitrogen and oxygen atoms in total. The van der Waals surface area contributed by atoms with Crippen molar-refractivity contribution < 1.29 is 4.79 Å². The molecule has 3 rings (SSSR count). The third-order valence-corrected chi connectivity index (χ3v) is 5.79. The summed E-state index contributed by atoms with van der Waals surface area (Å²) < 4.78 is 0. The van der Waals surface area contributed by atoms with E-state index in [1.807, 2.05) is 11.8 Å². The van der Waals surface area contributed by atoms with Gasteiger partial charge in [0, 0.05) is 6.54 Å². The van der Waals surface area contributed by atoms with Gasteiger partial charge in [0.05, 0.1) is 6.04 Å². The second kappa shape index (κ2) is 10.6. The van der Waals surface area contributed by atoms with Gasteiger partial charge in [0.15, 0.2) is 0 Å². The molecule has 3 aromatic carbocycles. The van der Waals surface area contributed by atoms with Crippen LogP contribution in [0.2, 0.25) is 0 Å². The van der Waals surface area contributed by atoms with Crippen LogP contribution in [0.25, 0.3) is 11.1 Å². The monoisotopic (exact) mass is 409 g/mol. The molecule has 0 aromatic heterocycles. The molecule has 0 aliphatic rings. The van der Waals surface area contributed by atoms with Crippen LogP contribution in [0.1, 0.15) is 55.5 Å². The minimum Gasteiger partial charge on any atom is -0.333 e. The Labute approximate surface area is 186 Å². The van der Waals surface area contributed by atoms with Crippen LogP contribution in [-0.2, 0) is 4.79 Å². The highest BCUT2D eigenvalue weighted by atomic mass is 16.2. The van der Waals surface area contributed by atoms with Crippen molar-refractivity contribution >= 4 is 17.1 Å². The van der Waals surface area contributed by atoms with E-state index in [-0.39, 0.29) is 11.9 Å². The molecule has 158 valence electrons. The van der Waals surface area contributed by atoms with Crippen molar-refractivity contribution in [3.8, 4) is 0 Å². The fourth-order valence-electron chi connectivity index (χ4n) is 4.13. The van der Waals surface area contributed by atoms with Gasteiger partial charge in [-0.05, 0) is 59.7 Å². The largest absolute Gasteiger partial charge is 0.333 e. The van der Waals surface area contributed by atoms with Crippen molar-refractivity contribution in [2.75, 3.05) is 6.54 Å². The summed E-state index contributed by atoms with van der Waals surface area (Å²) in [6.45, 7) is 10.6. The zero-order valence-corrected chi connectivity index (χ0v) is 18.7. The number of rotatable bonds is 8. The van der Waals surface area contributed by atoms with E-state index in [0.717, 1.165) is 12.0 Å². The number of amides is 1. The van der Waals surface area contributed by atoms with E-state index >= 15 is 0 Å². The van der Waals surface area contributed by atoms with Gasteiger partial charge in [-0.3, -0.25) is 4.79 Å². The molecular weight excluding hydrogens is 378 g/mol. The molecular formula is C29H31NO. The third kappa shape index (κ3) is 5.03. The summed E-state index contributed by atoms with van der Waals surface area (Å²) in [5.41, 5.74) is 7.33. The number of carbonyl (C=O) groups is 1. The minimum absolute atomic E-state index is 0.00604. The molecule has 0 saturated heterocycles. The number of hydrogen-bond donors (Lipinski definition) is 0. The smallest absolute Gasteiger partial charge is 0.246 e. The zero-order chi connectivity index (χ0) is 22.2. The molecule has 1 amide bonds. The van der Waals surface area contributed by atoms with Gasteiger partial charge in [0.25, 0.3) is 0 Å². The lowest BCUT2D eigenvalue weighted by molar-refractivity contribution is -0.127. The maximum atomic E-state index is 12.2. The van der Waals surface area contributed by atoms with Gasteiger partial charge < -0.3 is 4.90 Å². The standard InChI is InChI=1S/C29H31NO/c1-5-27(24-14-10-8-11-15-24)29(25-16-12-9-13-17-25)26-20-18-23(19-21-26)22(4)30(7-3)28(31)6-2/h6,8-22H,2,5,7H2,1,3-4H3/b29-27-. The Morgan fingerprint density at radius 2 is 1.35 bits per heavy atom. The van der Waals surface area contributed by atoms with Gasteiger partial charge in [0.2, 0.25) is 5.91 Å². The zero-order valence-electron chi connectivity index (χ0n) is 18.7. The molecule has 0 spiro atoms. The lowest BCUT2D eigenvalue weighted by Gasteiger charge is -2.27. The first-order valence-electron chi connectivity index (χ1n) is 11.0. The van der Waals surface area contributed by atoms with Gasteiger partial charge in [-0.2, -0.15) is 0 Å². The van der Waals surface area contributed by atoms with E-state index in [2.05, 4.69) is 105 Å². The third-order valence-electron chi connectivity index (χ3n) is 5.79. The Kier molecular flexibility index (Phi) is 7.61. The fraction of sp³-hybridized carbons (Fsp3) is 0.207. The van der Waals surface area contributed by atoms with Crippen molar-refractivity contribution in [2.24, 2.45) is 0 Å². The van der Waals surface area contributed by atoms with Crippen LogP contribution in [0.3, 0.4) is 0 Å². The van der Waals surface area contributed by atoms with Gasteiger partial charge in [-0.25, -0.2) is 0 Å². The van der Waals surface area contributed by atoms with E-state index in [1.165, 1.54) is 33.9 Å². The van der Waals surface area contributed by atoms with E-state index in [0.29, 0.717) is 6.54 Å². The Balaban J connectivity index is 2.08. The molecule has 2 heteroatoms. The lowest BCUT2D eigenvalue weighted by Crippen LogP contribution is -2.31. The summed E-state index contributed by atoms with van der Waals surface area (Å²) in [6, 6.07) is 29.8. The first-order chi connectivity index (χ1) is 15.1. The maximum absolute atomic E-state index is 12.2. The van der Waals surface area contributed by atoms with Gasteiger partial charge in [-0.15, -0.1) is 0 Å². The summed E-state index contributed by atoms with van der Waals surface area (Å²) in [6.07, 6.45) is 2.32. The molecule has 31 heavy (non-hydrogen) atoms. The van der Waals surface area contributed by atoms with Crippen LogP contribution in [0.15, 0.2) is 97.6 Å². The molecule has 0 fully saturated rings. The quantitative estimate of drug-likeness (QED) is 0.286. The number of carbonyl (C=O) groups excluding carboxylic acids is 1. The summed E-state index contributed by atoms with van der Waals surface area (Å²) in [5.74, 6) is -0.0405. The van der Waals surface area contributed by atoms with E-state index in [9.17, 15) is 4.79 Å². The molecule has 0 N–H and O–H groups in total. The second-order valence-corrected chi connectivity index (χ2v) is 7.57. The summed E-state index contributed by atoms with van der Waals surface area (Å²) in [4.78, 5) is 14.0. The van der Waals surface area contributed by atoms with Crippen molar-refractivity contribution in [3.05, 3.63) is 120 Å². The summed E-state index contributed by atoms with van der Waals surface area (Å²) >= 11 is 0. The average Bonchev–Trinajstić information content (AvgIpc) is 2.84. The van der Waals surface area contributed by atoms with Gasteiger partial charge in [-0.1, -0.05) is 98.4 Å². The highest BCUT2D eigenvalue weighted by molar-refractivity contribution is 5.98. The number of hydrogen-bond acceptors (Lipinski definition) is 1. The number of benzene rings is 3. The van der Waals surface area contributed by atoms with Crippen LogP contribution in [-0.4, -0.2) is 17.4 Å². The molecule has 1 unspecified atom stereocenters. The molecule has 0 aliphatic carbocycles. The predicted molar refractivity (Wildman–Crippen MR) is 132 cm³/mol. The normalized spacial score (nSPS) is 12.6. The summed E-state index contributed by atoms with van der Waals surface area (Å²) in [5, 5.41) is 0. The minimum atomic E-state index is -0.0405. The molecule has 1 atom stereocenters. The van der Waals surface area contributed by atoms with Crippen LogP contribution in [0.4, 0.5) is 0 Å². The van der Waals surface area contributed by atoms with Crippen LogP contribution < -0.4 is 0 Å². The Morgan fingerprint density at radius 3 is 1.84 bits per heavy atom. The Hall–Kier alpha value is -3.39. The van der Waals surface area contributed by atoms with Crippen LogP contribution in [0, 0.1) is 0 Å². The molecule has 0 aliphatic heterocycles. The van der Waals surface area contributed by atoms with Crippen molar-refractivity contribution in [2.45, 2.75) is 33.2 Å². The Morgan fingerprint density at radius 1 is 0.839 bits per heavy atom. The maximum Gasteiger partial charge on any atom is 0.246 e. The number of allylic oxidation sites excluding steroid dienone is 1. The second-order valence-electron chi connectivity index (χ2n) is 7.57. The lowest BCUT2D eigenvalue weighted by atomic mass is 9.87. The summed E-state index contributed by atoms with van der Waals surface area (Å²) in [7, 11) is 0. The Bertz CT molecular complexity index is 1030. The number of nitrogens with zero attached hydrogens (tertiary/aromatic N) is 1. The van der Waals surface area contributed by atoms with Crippen molar-refractivity contribution in [1.29, 1.82) is 0 Å². The molecule has 3 aromatic rings. The topological polar surface area (TPSA) is 20.3 Å². The van der Waals surface area contributed by atoms with Crippen molar-refractivity contribution in [3.63, 3.8) is 0 Å². The highest BCUT2D eigenvalue weighted by Crippen LogP contribution is 2.35. The predicted octanol–water partition coefficient (Wildman–Crippen LogP) is 7.15. The first kappa shape index (κ1) is 22.3. The molecule has 0 heterocycles. The first-order valence-corrected chi connectivity index (χ1v) is 11.0. The fourth-order valence-corrected chi connectivity index (χ4v) is 4.13. The molecule has 0 saturated carbocycles. The SMILES string of the molecule is C=CC(=O)N(CC)C(C)c1ccc(/C(=C(/CC)c2ccccc2)c2ccccc2)cc1. The number of likely N-dealkylation sites (N-methyl/N-ethyl adjacent to an activating group) is 1. The van der Waals surface area contributed by atoms with Crippen LogP contribution >= 0.6 is 0 Å². The van der Waals surface area contributed by atoms with E-state index < -0.39 is 0 Å². The van der Waals surface area contributed by atoms with Gasteiger partial charge in [0.1, 0.15) is 0 Å². The molecule has 0 radical (unpaired) electrons. The van der Waals surface area contributed by atoms with E-state index in [1.54, 1.807) is 0 Å².